The van der Waals surface area contributed by atoms with Gasteiger partial charge >= 0.3 is 5.97 Å². The van der Waals surface area contributed by atoms with Crippen LogP contribution in [0.4, 0.5) is 10.1 Å². The molecular weight excluding hydrogens is 389 g/mol. The fourth-order valence-corrected chi connectivity index (χ4v) is 2.58. The van der Waals surface area contributed by atoms with Crippen LogP contribution in [0.3, 0.4) is 0 Å². The van der Waals surface area contributed by atoms with Crippen molar-refractivity contribution < 1.29 is 28.2 Å². The first kappa shape index (κ1) is 21.5. The lowest BCUT2D eigenvalue weighted by Gasteiger charge is -2.16. The van der Waals surface area contributed by atoms with Gasteiger partial charge in [0.1, 0.15) is 5.82 Å². The van der Waals surface area contributed by atoms with E-state index in [2.05, 4.69) is 5.32 Å². The molecule has 0 heterocycles. The highest BCUT2D eigenvalue weighted by Gasteiger charge is 2.22. The first-order chi connectivity index (χ1) is 13.3. The van der Waals surface area contributed by atoms with Gasteiger partial charge in [0.15, 0.2) is 17.6 Å². The van der Waals surface area contributed by atoms with Crippen molar-refractivity contribution in [2.75, 3.05) is 19.0 Å². The number of carbonyl (C=O) groups is 2. The number of benzene rings is 2. The molecule has 1 amide bonds. The first-order valence-electron chi connectivity index (χ1n) is 8.55. The molecule has 0 aliphatic rings. The van der Waals surface area contributed by atoms with E-state index in [1.165, 1.54) is 38.3 Å². The van der Waals surface area contributed by atoms with E-state index in [0.717, 1.165) is 0 Å². The fraction of sp³-hybridized carbons (Fsp3) is 0.300. The van der Waals surface area contributed by atoms with Crippen molar-refractivity contribution in [1.29, 1.82) is 0 Å². The zero-order valence-electron chi connectivity index (χ0n) is 16.0. The van der Waals surface area contributed by atoms with Gasteiger partial charge in [-0.25, -0.2) is 9.18 Å². The van der Waals surface area contributed by atoms with E-state index in [9.17, 15) is 14.0 Å². The number of halogens is 2. The molecule has 1 unspecified atom stereocenters. The van der Waals surface area contributed by atoms with Crippen LogP contribution in [0.2, 0.25) is 5.02 Å². The lowest BCUT2D eigenvalue weighted by molar-refractivity contribution is -0.123. The maximum Gasteiger partial charge on any atom is 0.339 e. The van der Waals surface area contributed by atoms with Crippen molar-refractivity contribution in [1.82, 2.24) is 0 Å². The van der Waals surface area contributed by atoms with Gasteiger partial charge in [0.05, 0.1) is 24.3 Å². The van der Waals surface area contributed by atoms with Crippen LogP contribution in [-0.4, -0.2) is 31.7 Å². The summed E-state index contributed by atoms with van der Waals surface area (Å²) < 4.78 is 29.3. The van der Waals surface area contributed by atoms with Crippen molar-refractivity contribution in [3.05, 3.63) is 52.3 Å². The Labute approximate surface area is 167 Å². The van der Waals surface area contributed by atoms with Crippen molar-refractivity contribution in [3.63, 3.8) is 0 Å². The predicted octanol–water partition coefficient (Wildman–Crippen LogP) is 4.38. The van der Waals surface area contributed by atoms with Crippen molar-refractivity contribution in [3.8, 4) is 11.5 Å². The minimum atomic E-state index is -1.12. The Bertz CT molecular complexity index is 887. The Morgan fingerprint density at radius 3 is 2.57 bits per heavy atom. The normalized spacial score (nSPS) is 11.5. The number of esters is 1. The lowest BCUT2D eigenvalue weighted by atomic mass is 10.2. The molecular formula is C20H21ClFNO5. The van der Waals surface area contributed by atoms with Gasteiger partial charge in [0.25, 0.3) is 5.91 Å². The average molecular weight is 410 g/mol. The van der Waals surface area contributed by atoms with Crippen molar-refractivity contribution in [2.24, 2.45) is 0 Å². The monoisotopic (exact) mass is 409 g/mol. The minimum absolute atomic E-state index is 0.103. The molecule has 0 spiro atoms. The smallest absolute Gasteiger partial charge is 0.339 e. The van der Waals surface area contributed by atoms with Gasteiger partial charge in [-0.15, -0.1) is 0 Å². The first-order valence-corrected chi connectivity index (χ1v) is 8.93. The molecule has 1 atom stereocenters. The molecule has 0 aromatic heterocycles. The Morgan fingerprint density at radius 1 is 1.25 bits per heavy atom. The Kier molecular flexibility index (Phi) is 7.23. The highest BCUT2D eigenvalue weighted by Crippen LogP contribution is 2.36. The topological polar surface area (TPSA) is 73.9 Å². The van der Waals surface area contributed by atoms with Gasteiger partial charge in [-0.2, -0.15) is 0 Å². The summed E-state index contributed by atoms with van der Waals surface area (Å²) in [7, 11) is 1.42. The number of aryl methyl sites for hydroxylation is 1. The zero-order valence-corrected chi connectivity index (χ0v) is 16.7. The van der Waals surface area contributed by atoms with E-state index >= 15 is 0 Å². The fourth-order valence-electron chi connectivity index (χ4n) is 2.32. The van der Waals surface area contributed by atoms with E-state index in [4.69, 9.17) is 25.8 Å². The summed E-state index contributed by atoms with van der Waals surface area (Å²) in [6.07, 6.45) is -1.12. The van der Waals surface area contributed by atoms with Crippen LogP contribution in [0.25, 0.3) is 0 Å². The van der Waals surface area contributed by atoms with Crippen LogP contribution in [-0.2, 0) is 9.53 Å². The predicted molar refractivity (Wildman–Crippen MR) is 104 cm³/mol. The number of hydrogen-bond donors (Lipinski definition) is 1. The number of ether oxygens (including phenoxy) is 3. The van der Waals surface area contributed by atoms with E-state index in [0.29, 0.717) is 17.9 Å². The van der Waals surface area contributed by atoms with Gasteiger partial charge in [-0.3, -0.25) is 4.79 Å². The minimum Gasteiger partial charge on any atom is -0.493 e. The van der Waals surface area contributed by atoms with Crippen LogP contribution in [0.5, 0.6) is 11.5 Å². The maximum absolute atomic E-state index is 13.6. The molecule has 8 heteroatoms. The zero-order chi connectivity index (χ0) is 20.8. The van der Waals surface area contributed by atoms with Crippen molar-refractivity contribution in [2.45, 2.75) is 26.9 Å². The molecule has 0 aliphatic heterocycles. The third kappa shape index (κ3) is 5.13. The van der Waals surface area contributed by atoms with E-state index in [1.54, 1.807) is 19.9 Å². The molecule has 0 fully saturated rings. The van der Waals surface area contributed by atoms with E-state index in [1.807, 2.05) is 0 Å². The van der Waals surface area contributed by atoms with Crippen LogP contribution < -0.4 is 14.8 Å². The largest absolute Gasteiger partial charge is 0.493 e. The molecule has 0 aliphatic carbocycles. The number of anilines is 1. The van der Waals surface area contributed by atoms with E-state index in [-0.39, 0.29) is 22.0 Å². The molecule has 2 aromatic carbocycles. The summed E-state index contributed by atoms with van der Waals surface area (Å²) in [5.74, 6) is -1.22. The molecule has 0 saturated heterocycles. The second-order valence-electron chi connectivity index (χ2n) is 5.92. The third-order valence-electron chi connectivity index (χ3n) is 3.85. The molecule has 0 radical (unpaired) electrons. The lowest BCUT2D eigenvalue weighted by Crippen LogP contribution is -2.30. The van der Waals surface area contributed by atoms with Crippen molar-refractivity contribution >= 4 is 29.2 Å². The summed E-state index contributed by atoms with van der Waals surface area (Å²) >= 11 is 6.14. The van der Waals surface area contributed by atoms with Gasteiger partial charge < -0.3 is 19.5 Å². The maximum atomic E-state index is 13.6. The number of methoxy groups -OCH3 is 1. The quantitative estimate of drug-likeness (QED) is 0.687. The number of rotatable bonds is 7. The Morgan fingerprint density at radius 2 is 1.96 bits per heavy atom. The van der Waals surface area contributed by atoms with Crippen LogP contribution in [0.15, 0.2) is 30.3 Å². The number of hydrogen-bond acceptors (Lipinski definition) is 5. The SMILES string of the molecule is CCOc1c(Cl)cc(C(=O)OC(C)C(=O)Nc2ccc(C)c(F)c2)cc1OC. The molecule has 0 saturated carbocycles. The molecule has 2 rings (SSSR count). The van der Waals surface area contributed by atoms with E-state index < -0.39 is 23.8 Å². The van der Waals surface area contributed by atoms with Gasteiger partial charge in [-0.1, -0.05) is 17.7 Å². The van der Waals surface area contributed by atoms with Crippen LogP contribution >= 0.6 is 11.6 Å². The van der Waals surface area contributed by atoms with Crippen LogP contribution in [0, 0.1) is 12.7 Å². The molecule has 150 valence electrons. The summed E-state index contributed by atoms with van der Waals surface area (Å²) in [4.78, 5) is 24.6. The van der Waals surface area contributed by atoms with Gasteiger partial charge in [0.2, 0.25) is 0 Å². The van der Waals surface area contributed by atoms with Gasteiger partial charge in [0, 0.05) is 5.69 Å². The van der Waals surface area contributed by atoms with Crippen LogP contribution in [0.1, 0.15) is 29.8 Å². The Balaban J connectivity index is 2.09. The molecule has 1 N–H and O–H groups in total. The Hall–Kier alpha value is -2.80. The summed E-state index contributed by atoms with van der Waals surface area (Å²) in [6.45, 7) is 5.18. The third-order valence-corrected chi connectivity index (χ3v) is 4.13. The molecule has 2 aromatic rings. The summed E-state index contributed by atoms with van der Waals surface area (Å²) in [5.41, 5.74) is 0.826. The summed E-state index contributed by atoms with van der Waals surface area (Å²) in [5, 5.41) is 2.68. The second-order valence-corrected chi connectivity index (χ2v) is 6.33. The molecule has 0 bridgehead atoms. The highest BCUT2D eigenvalue weighted by molar-refractivity contribution is 6.32. The number of carbonyl (C=O) groups excluding carboxylic acids is 2. The molecule has 6 nitrogen and oxygen atoms in total. The number of amides is 1. The van der Waals surface area contributed by atoms with Gasteiger partial charge in [-0.05, 0) is 50.6 Å². The number of nitrogens with one attached hydrogen (secondary N) is 1. The summed E-state index contributed by atoms with van der Waals surface area (Å²) in [6, 6.07) is 7.08. The molecule has 28 heavy (non-hydrogen) atoms. The second kappa shape index (κ2) is 9.41. The standard InChI is InChI=1S/C20H21ClFNO5/c1-5-27-18-15(21)8-13(9-17(18)26-4)20(25)28-12(3)19(24)23-14-7-6-11(2)16(22)10-14/h6-10,12H,5H2,1-4H3,(H,23,24). The average Bonchev–Trinajstić information content (AvgIpc) is 2.66. The highest BCUT2D eigenvalue weighted by atomic mass is 35.5.